The molecule has 1 aromatic carbocycles. The first-order valence-electron chi connectivity index (χ1n) is 8.41. The molecule has 30 heavy (non-hydrogen) atoms. The Morgan fingerprint density at radius 1 is 1.10 bits per heavy atom. The van der Waals surface area contributed by atoms with Crippen molar-refractivity contribution in [1.29, 1.82) is 0 Å². The summed E-state index contributed by atoms with van der Waals surface area (Å²) in [5.74, 6) is -0.762. The fourth-order valence-electron chi connectivity index (χ4n) is 2.90. The van der Waals surface area contributed by atoms with Gasteiger partial charge in [0.2, 0.25) is 0 Å². The van der Waals surface area contributed by atoms with E-state index in [1.54, 1.807) is 0 Å². The number of amides is 1. The maximum atomic E-state index is 13.8. The first kappa shape index (κ1) is 19.3. The Labute approximate surface area is 165 Å². The molecule has 0 radical (unpaired) electrons. The lowest BCUT2D eigenvalue weighted by molar-refractivity contribution is -0.140. The zero-order chi connectivity index (χ0) is 21.5. The summed E-state index contributed by atoms with van der Waals surface area (Å²) in [6.07, 6.45) is -3.57. The summed E-state index contributed by atoms with van der Waals surface area (Å²) in [4.78, 5) is 18.5. The summed E-state index contributed by atoms with van der Waals surface area (Å²) in [5.41, 5.74) is -0.393. The second kappa shape index (κ2) is 7.10. The largest absolute Gasteiger partial charge is 0.465 e. The number of aromatic nitrogens is 4. The van der Waals surface area contributed by atoms with E-state index < -0.39 is 23.8 Å². The minimum absolute atomic E-state index is 0.0409. The standard InChI is InChI=1S/C19H11F4N5O2/c20-12-4-3-10(8-14(12)26-18(29)30)15-9-28-16(25-15)6-5-13(27-28)11-2-1-7-24-17(11)19(21,22)23/h1-9,26H,(H,29,30). The molecule has 0 aliphatic rings. The van der Waals surface area contributed by atoms with Crippen LogP contribution in [0.2, 0.25) is 0 Å². The second-order valence-corrected chi connectivity index (χ2v) is 6.17. The minimum atomic E-state index is -4.64. The monoisotopic (exact) mass is 417 g/mol. The molecule has 0 aliphatic heterocycles. The van der Waals surface area contributed by atoms with Crippen LogP contribution in [-0.4, -0.2) is 30.8 Å². The molecule has 1 amide bonds. The SMILES string of the molecule is O=C(O)Nc1cc(-c2cn3nc(-c4cccnc4C(F)(F)F)ccc3n2)ccc1F. The maximum absolute atomic E-state index is 13.8. The molecular formula is C19H11F4N5O2. The number of nitrogens with zero attached hydrogens (tertiary/aromatic N) is 4. The molecular weight excluding hydrogens is 406 g/mol. The molecule has 3 aromatic heterocycles. The number of nitrogens with one attached hydrogen (secondary N) is 1. The number of rotatable bonds is 3. The first-order chi connectivity index (χ1) is 14.2. The second-order valence-electron chi connectivity index (χ2n) is 6.17. The smallest absolute Gasteiger partial charge is 0.434 e. The molecule has 4 rings (SSSR count). The summed E-state index contributed by atoms with van der Waals surface area (Å²) in [6, 6.07) is 9.26. The Hall–Kier alpha value is -4.02. The van der Waals surface area contributed by atoms with E-state index in [0.717, 1.165) is 12.3 Å². The van der Waals surface area contributed by atoms with Crippen LogP contribution in [0.25, 0.3) is 28.2 Å². The zero-order valence-corrected chi connectivity index (χ0v) is 14.9. The van der Waals surface area contributed by atoms with Gasteiger partial charge in [-0.05, 0) is 42.5 Å². The Kier molecular flexibility index (Phi) is 4.57. The van der Waals surface area contributed by atoms with Crippen molar-refractivity contribution in [3.05, 3.63) is 66.4 Å². The van der Waals surface area contributed by atoms with E-state index in [1.807, 2.05) is 5.32 Å². The molecule has 0 bridgehead atoms. The summed E-state index contributed by atoms with van der Waals surface area (Å²) in [6.45, 7) is 0. The number of benzene rings is 1. The molecule has 0 spiro atoms. The van der Waals surface area contributed by atoms with Crippen LogP contribution in [0.15, 0.2) is 54.9 Å². The number of hydrogen-bond acceptors (Lipinski definition) is 4. The van der Waals surface area contributed by atoms with Gasteiger partial charge in [0.05, 0.1) is 23.3 Å². The fraction of sp³-hybridized carbons (Fsp3) is 0.0526. The summed E-state index contributed by atoms with van der Waals surface area (Å²) in [5, 5.41) is 14.9. The van der Waals surface area contributed by atoms with E-state index in [0.29, 0.717) is 16.9 Å². The Morgan fingerprint density at radius 2 is 1.90 bits per heavy atom. The number of alkyl halides is 3. The predicted octanol–water partition coefficient (Wildman–Crippen LogP) is 4.71. The summed E-state index contributed by atoms with van der Waals surface area (Å²) >= 11 is 0. The molecule has 0 saturated heterocycles. The number of carboxylic acid groups (broad SMARTS) is 1. The fourth-order valence-corrected chi connectivity index (χ4v) is 2.90. The molecule has 11 heteroatoms. The van der Waals surface area contributed by atoms with Crippen molar-refractivity contribution in [1.82, 2.24) is 19.6 Å². The van der Waals surface area contributed by atoms with Gasteiger partial charge in [-0.2, -0.15) is 18.3 Å². The zero-order valence-electron chi connectivity index (χ0n) is 14.9. The lowest BCUT2D eigenvalue weighted by atomic mass is 10.1. The molecule has 0 atom stereocenters. The first-order valence-corrected chi connectivity index (χ1v) is 8.41. The minimum Gasteiger partial charge on any atom is -0.465 e. The van der Waals surface area contributed by atoms with E-state index in [-0.39, 0.29) is 16.9 Å². The van der Waals surface area contributed by atoms with Crippen molar-refractivity contribution in [2.24, 2.45) is 0 Å². The van der Waals surface area contributed by atoms with Crippen LogP contribution < -0.4 is 5.32 Å². The number of fused-ring (bicyclic) bond motifs is 1. The number of pyridine rings is 1. The third-order valence-electron chi connectivity index (χ3n) is 4.18. The molecule has 0 fully saturated rings. The van der Waals surface area contributed by atoms with Crippen LogP contribution >= 0.6 is 0 Å². The van der Waals surface area contributed by atoms with Gasteiger partial charge in [-0.15, -0.1) is 0 Å². The van der Waals surface area contributed by atoms with Gasteiger partial charge < -0.3 is 5.11 Å². The number of carbonyl (C=O) groups is 1. The Morgan fingerprint density at radius 3 is 2.63 bits per heavy atom. The topological polar surface area (TPSA) is 92.4 Å². The van der Waals surface area contributed by atoms with Crippen LogP contribution in [0.4, 0.5) is 28.0 Å². The van der Waals surface area contributed by atoms with Crippen LogP contribution in [0.5, 0.6) is 0 Å². The number of anilines is 1. The third kappa shape index (κ3) is 3.64. The van der Waals surface area contributed by atoms with E-state index in [2.05, 4.69) is 15.1 Å². The van der Waals surface area contributed by atoms with Crippen molar-refractivity contribution in [2.45, 2.75) is 6.18 Å². The normalized spacial score (nSPS) is 11.6. The van der Waals surface area contributed by atoms with Gasteiger partial charge in [-0.25, -0.2) is 18.7 Å². The maximum Gasteiger partial charge on any atom is 0.434 e. The van der Waals surface area contributed by atoms with Gasteiger partial charge in [0.15, 0.2) is 11.3 Å². The predicted molar refractivity (Wildman–Crippen MR) is 98.3 cm³/mol. The van der Waals surface area contributed by atoms with Crippen LogP contribution in [-0.2, 0) is 6.18 Å². The molecule has 3 heterocycles. The quantitative estimate of drug-likeness (QED) is 0.471. The van der Waals surface area contributed by atoms with Crippen molar-refractivity contribution in [3.63, 3.8) is 0 Å². The Bertz CT molecular complexity index is 1270. The highest BCUT2D eigenvalue weighted by Gasteiger charge is 2.35. The van der Waals surface area contributed by atoms with E-state index >= 15 is 0 Å². The molecule has 2 N–H and O–H groups in total. The van der Waals surface area contributed by atoms with Gasteiger partial charge in [0, 0.05) is 17.3 Å². The van der Waals surface area contributed by atoms with Gasteiger partial charge >= 0.3 is 12.3 Å². The average molecular weight is 417 g/mol. The number of hydrogen-bond donors (Lipinski definition) is 2. The molecule has 7 nitrogen and oxygen atoms in total. The number of halogens is 4. The van der Waals surface area contributed by atoms with Gasteiger partial charge in [0.25, 0.3) is 0 Å². The summed E-state index contributed by atoms with van der Waals surface area (Å²) < 4.78 is 54.8. The van der Waals surface area contributed by atoms with Crippen LogP contribution in [0, 0.1) is 5.82 Å². The highest BCUT2D eigenvalue weighted by atomic mass is 19.4. The molecule has 0 aliphatic carbocycles. The van der Waals surface area contributed by atoms with E-state index in [9.17, 15) is 22.4 Å². The van der Waals surface area contributed by atoms with Crippen LogP contribution in [0.1, 0.15) is 5.69 Å². The van der Waals surface area contributed by atoms with E-state index in [1.165, 1.54) is 47.1 Å². The summed E-state index contributed by atoms with van der Waals surface area (Å²) in [7, 11) is 0. The molecule has 0 unspecified atom stereocenters. The lowest BCUT2D eigenvalue weighted by Gasteiger charge is -2.10. The van der Waals surface area contributed by atoms with Gasteiger partial charge in [-0.1, -0.05) is 0 Å². The number of imidazole rings is 1. The van der Waals surface area contributed by atoms with Crippen molar-refractivity contribution in [2.75, 3.05) is 5.32 Å². The molecule has 152 valence electrons. The lowest BCUT2D eigenvalue weighted by Crippen LogP contribution is -2.10. The molecule has 0 saturated carbocycles. The average Bonchev–Trinajstić information content (AvgIpc) is 3.12. The van der Waals surface area contributed by atoms with Gasteiger partial charge in [0.1, 0.15) is 5.82 Å². The highest BCUT2D eigenvalue weighted by molar-refractivity contribution is 5.84. The van der Waals surface area contributed by atoms with Crippen molar-refractivity contribution in [3.8, 4) is 22.5 Å². The van der Waals surface area contributed by atoms with Crippen molar-refractivity contribution < 1.29 is 27.5 Å². The van der Waals surface area contributed by atoms with E-state index in [4.69, 9.17) is 5.11 Å². The highest BCUT2D eigenvalue weighted by Crippen LogP contribution is 2.34. The third-order valence-corrected chi connectivity index (χ3v) is 4.18. The Balaban J connectivity index is 1.77. The molecule has 4 aromatic rings. The van der Waals surface area contributed by atoms with Gasteiger partial charge in [-0.3, -0.25) is 10.3 Å². The van der Waals surface area contributed by atoms with Crippen LogP contribution in [0.3, 0.4) is 0 Å². The van der Waals surface area contributed by atoms with Crippen molar-refractivity contribution >= 4 is 17.4 Å².